The maximum absolute atomic E-state index is 12.5. The Morgan fingerprint density at radius 3 is 2.72 bits per heavy atom. The van der Waals surface area contributed by atoms with E-state index in [-0.39, 0.29) is 30.4 Å². The van der Waals surface area contributed by atoms with Gasteiger partial charge < -0.3 is 15.2 Å². The van der Waals surface area contributed by atoms with E-state index in [0.29, 0.717) is 12.2 Å². The number of carboxylic acids is 1. The summed E-state index contributed by atoms with van der Waals surface area (Å²) >= 11 is 0. The van der Waals surface area contributed by atoms with Gasteiger partial charge in [0.05, 0.1) is 18.3 Å². The molecule has 172 valence electrons. The van der Waals surface area contributed by atoms with Crippen LogP contribution in [0.5, 0.6) is 5.75 Å². The molecule has 0 bridgehead atoms. The SMILES string of the molecule is O=C(O)CCOc1ccccc1-c1cccc(CC2NCCCC2NS(=O)(=O)C2CC2)c1. The van der Waals surface area contributed by atoms with Crippen molar-refractivity contribution in [1.82, 2.24) is 10.0 Å². The molecule has 2 aromatic rings. The molecule has 7 nitrogen and oxygen atoms in total. The van der Waals surface area contributed by atoms with Crippen molar-refractivity contribution >= 4 is 16.0 Å². The van der Waals surface area contributed by atoms with Crippen LogP contribution < -0.4 is 14.8 Å². The van der Waals surface area contributed by atoms with Crippen molar-refractivity contribution in [2.24, 2.45) is 0 Å². The first-order valence-corrected chi connectivity index (χ1v) is 12.7. The van der Waals surface area contributed by atoms with Crippen LogP contribution in [0.3, 0.4) is 0 Å². The van der Waals surface area contributed by atoms with E-state index in [1.54, 1.807) is 0 Å². The lowest BCUT2D eigenvalue weighted by Crippen LogP contribution is -2.54. The summed E-state index contributed by atoms with van der Waals surface area (Å²) in [5, 5.41) is 12.2. The summed E-state index contributed by atoms with van der Waals surface area (Å²) < 4.78 is 33.6. The highest BCUT2D eigenvalue weighted by Crippen LogP contribution is 2.31. The molecule has 3 N–H and O–H groups in total. The maximum atomic E-state index is 12.5. The van der Waals surface area contributed by atoms with E-state index in [0.717, 1.165) is 48.9 Å². The Morgan fingerprint density at radius 2 is 1.94 bits per heavy atom. The summed E-state index contributed by atoms with van der Waals surface area (Å²) in [5.41, 5.74) is 3.00. The number of nitrogens with one attached hydrogen (secondary N) is 2. The molecule has 2 atom stereocenters. The Bertz CT molecular complexity index is 1050. The van der Waals surface area contributed by atoms with E-state index in [2.05, 4.69) is 22.2 Å². The predicted octanol–water partition coefficient (Wildman–Crippen LogP) is 2.95. The predicted molar refractivity (Wildman–Crippen MR) is 123 cm³/mol. The summed E-state index contributed by atoms with van der Waals surface area (Å²) in [6.07, 6.45) is 3.97. The van der Waals surface area contributed by atoms with E-state index >= 15 is 0 Å². The van der Waals surface area contributed by atoms with Crippen LogP contribution in [0.25, 0.3) is 11.1 Å². The molecule has 0 aromatic heterocycles. The molecule has 2 aliphatic rings. The minimum atomic E-state index is -3.23. The fourth-order valence-corrected chi connectivity index (χ4v) is 5.85. The third-order valence-corrected chi connectivity index (χ3v) is 8.00. The smallest absolute Gasteiger partial charge is 0.306 e. The molecule has 1 aliphatic heterocycles. The highest BCUT2D eigenvalue weighted by atomic mass is 32.2. The standard InChI is InChI=1S/C24H30N2O5S/c27-24(28)12-14-31-23-9-2-1-7-20(23)18-6-3-5-17(15-18)16-22-21(8-4-13-25-22)26-32(29,30)19-10-11-19/h1-3,5-7,9,15,19,21-22,25-26H,4,8,10-14,16H2,(H,27,28). The summed E-state index contributed by atoms with van der Waals surface area (Å²) in [6.45, 7) is 0.993. The normalized spacial score (nSPS) is 21.2. The van der Waals surface area contributed by atoms with Gasteiger partial charge in [-0.3, -0.25) is 4.79 Å². The number of sulfonamides is 1. The Kier molecular flexibility index (Phi) is 7.13. The number of carboxylic acid groups (broad SMARTS) is 1. The van der Waals surface area contributed by atoms with Crippen molar-refractivity contribution in [3.8, 4) is 16.9 Å². The van der Waals surface area contributed by atoms with Gasteiger partial charge in [-0.1, -0.05) is 42.5 Å². The van der Waals surface area contributed by atoms with Gasteiger partial charge >= 0.3 is 5.97 Å². The zero-order valence-corrected chi connectivity index (χ0v) is 18.8. The lowest BCUT2D eigenvalue weighted by atomic mass is 9.92. The van der Waals surface area contributed by atoms with Crippen molar-refractivity contribution in [2.75, 3.05) is 13.2 Å². The van der Waals surface area contributed by atoms with Crippen LogP contribution in [0.2, 0.25) is 0 Å². The molecule has 1 saturated heterocycles. The number of aliphatic carboxylic acids is 1. The Labute approximate surface area is 189 Å². The zero-order chi connectivity index (χ0) is 22.6. The van der Waals surface area contributed by atoms with Gasteiger partial charge in [-0.05, 0) is 55.8 Å². The summed E-state index contributed by atoms with van der Waals surface area (Å²) in [5.74, 6) is -0.243. The lowest BCUT2D eigenvalue weighted by molar-refractivity contribution is -0.137. The van der Waals surface area contributed by atoms with Gasteiger partial charge in [-0.2, -0.15) is 0 Å². The Morgan fingerprint density at radius 1 is 1.12 bits per heavy atom. The van der Waals surface area contributed by atoms with Gasteiger partial charge in [0.1, 0.15) is 5.75 Å². The van der Waals surface area contributed by atoms with Crippen molar-refractivity contribution < 1.29 is 23.1 Å². The minimum absolute atomic E-state index is 0.0367. The number of para-hydroxylation sites is 1. The van der Waals surface area contributed by atoms with Crippen LogP contribution in [-0.4, -0.2) is 50.0 Å². The molecule has 1 saturated carbocycles. The van der Waals surface area contributed by atoms with E-state index in [1.165, 1.54) is 0 Å². The fraction of sp³-hybridized carbons (Fsp3) is 0.458. The van der Waals surface area contributed by atoms with Gasteiger partial charge in [-0.25, -0.2) is 13.1 Å². The quantitative estimate of drug-likeness (QED) is 0.506. The number of carbonyl (C=O) groups is 1. The number of ether oxygens (including phenoxy) is 1. The molecule has 32 heavy (non-hydrogen) atoms. The van der Waals surface area contributed by atoms with Crippen LogP contribution in [0.1, 0.15) is 37.7 Å². The van der Waals surface area contributed by atoms with Crippen molar-refractivity contribution in [2.45, 2.75) is 55.9 Å². The maximum Gasteiger partial charge on any atom is 0.306 e. The van der Waals surface area contributed by atoms with E-state index < -0.39 is 16.0 Å². The van der Waals surface area contributed by atoms with Gasteiger partial charge in [0.25, 0.3) is 0 Å². The molecule has 8 heteroatoms. The van der Waals surface area contributed by atoms with Crippen LogP contribution in [0.15, 0.2) is 48.5 Å². The number of piperidine rings is 1. The first kappa shape index (κ1) is 22.8. The zero-order valence-electron chi connectivity index (χ0n) is 18.0. The highest BCUT2D eigenvalue weighted by molar-refractivity contribution is 7.90. The molecular weight excluding hydrogens is 428 g/mol. The first-order valence-electron chi connectivity index (χ1n) is 11.2. The van der Waals surface area contributed by atoms with Gasteiger partial charge in [0.15, 0.2) is 0 Å². The molecule has 2 unspecified atom stereocenters. The minimum Gasteiger partial charge on any atom is -0.492 e. The summed E-state index contributed by atoms with van der Waals surface area (Å²) in [7, 11) is -3.23. The van der Waals surface area contributed by atoms with Crippen molar-refractivity contribution in [3.05, 3.63) is 54.1 Å². The molecular formula is C24H30N2O5S. The molecule has 2 fully saturated rings. The fourth-order valence-electron chi connectivity index (χ4n) is 4.19. The number of hydrogen-bond acceptors (Lipinski definition) is 5. The number of hydrogen-bond donors (Lipinski definition) is 3. The topological polar surface area (TPSA) is 105 Å². The van der Waals surface area contributed by atoms with E-state index in [1.807, 2.05) is 36.4 Å². The van der Waals surface area contributed by atoms with Gasteiger partial charge in [-0.15, -0.1) is 0 Å². The third kappa shape index (κ3) is 5.88. The summed E-state index contributed by atoms with van der Waals surface area (Å²) in [4.78, 5) is 10.8. The first-order chi connectivity index (χ1) is 15.4. The van der Waals surface area contributed by atoms with Crippen LogP contribution in [0.4, 0.5) is 0 Å². The molecule has 1 aliphatic carbocycles. The van der Waals surface area contributed by atoms with Crippen molar-refractivity contribution in [1.29, 1.82) is 0 Å². The van der Waals surface area contributed by atoms with E-state index in [4.69, 9.17) is 9.84 Å². The number of benzene rings is 2. The summed E-state index contributed by atoms with van der Waals surface area (Å²) in [6, 6.07) is 15.7. The Hall–Kier alpha value is -2.42. The molecule has 0 spiro atoms. The largest absolute Gasteiger partial charge is 0.492 e. The molecule has 0 amide bonds. The molecule has 1 heterocycles. The molecule has 4 rings (SSSR count). The second-order valence-corrected chi connectivity index (χ2v) is 10.6. The number of rotatable bonds is 10. The Balaban J connectivity index is 1.49. The third-order valence-electron chi connectivity index (χ3n) is 6.02. The average molecular weight is 459 g/mol. The highest BCUT2D eigenvalue weighted by Gasteiger charge is 2.38. The van der Waals surface area contributed by atoms with Gasteiger partial charge in [0.2, 0.25) is 10.0 Å². The van der Waals surface area contributed by atoms with Gasteiger partial charge in [0, 0.05) is 17.6 Å². The van der Waals surface area contributed by atoms with E-state index in [9.17, 15) is 13.2 Å². The van der Waals surface area contributed by atoms with Crippen molar-refractivity contribution in [3.63, 3.8) is 0 Å². The molecule has 0 radical (unpaired) electrons. The monoisotopic (exact) mass is 458 g/mol. The second-order valence-electron chi connectivity index (χ2n) is 8.56. The lowest BCUT2D eigenvalue weighted by Gasteiger charge is -2.33. The molecule has 2 aromatic carbocycles. The van der Waals surface area contributed by atoms with Crippen LogP contribution >= 0.6 is 0 Å². The second kappa shape index (κ2) is 10.0. The average Bonchev–Trinajstić information content (AvgIpc) is 3.62. The van der Waals surface area contributed by atoms with Crippen LogP contribution in [-0.2, 0) is 21.2 Å². The van der Waals surface area contributed by atoms with Crippen LogP contribution in [0, 0.1) is 0 Å².